The predicted octanol–water partition coefficient (Wildman–Crippen LogP) is 3.71. The lowest BCUT2D eigenvalue weighted by Crippen LogP contribution is -2.56. The van der Waals surface area contributed by atoms with Crippen molar-refractivity contribution in [2.24, 2.45) is 0 Å². The molecular weight excluding hydrogens is 407 g/mol. The molecule has 2 aromatic carbocycles. The van der Waals surface area contributed by atoms with Gasteiger partial charge in [0.2, 0.25) is 11.8 Å². The van der Waals surface area contributed by atoms with E-state index < -0.39 is 40.9 Å². The highest BCUT2D eigenvalue weighted by Gasteiger charge is 2.34. The van der Waals surface area contributed by atoms with Gasteiger partial charge in [0.05, 0.1) is 29.1 Å². The van der Waals surface area contributed by atoms with Gasteiger partial charge in [0.1, 0.15) is 6.17 Å². The minimum Gasteiger partial charge on any atom is -0.348 e. The first-order valence-electron chi connectivity index (χ1n) is 8.92. The van der Waals surface area contributed by atoms with Crippen LogP contribution in [0.15, 0.2) is 48.5 Å². The summed E-state index contributed by atoms with van der Waals surface area (Å²) in [5.41, 5.74) is 0.301. The number of benzene rings is 2. The van der Waals surface area contributed by atoms with Gasteiger partial charge in [-0.05, 0) is 30.2 Å². The van der Waals surface area contributed by atoms with E-state index in [0.29, 0.717) is 5.56 Å². The molecule has 1 saturated heterocycles. The molecular formula is C20H19ClF3N3O2. The van der Waals surface area contributed by atoms with E-state index in [0.717, 1.165) is 11.6 Å². The molecule has 1 heterocycles. The Balaban J connectivity index is 1.69. The average molecular weight is 426 g/mol. The van der Waals surface area contributed by atoms with Crippen molar-refractivity contribution in [2.75, 3.05) is 0 Å². The number of carbonyl (C=O) groups excluding carboxylic acids is 2. The average Bonchev–Trinajstić information content (AvgIpc) is 2.67. The summed E-state index contributed by atoms with van der Waals surface area (Å²) in [5, 5.41) is 8.14. The van der Waals surface area contributed by atoms with Crippen LogP contribution in [0.1, 0.15) is 42.2 Å². The van der Waals surface area contributed by atoms with E-state index >= 15 is 0 Å². The Morgan fingerprint density at radius 2 is 1.90 bits per heavy atom. The molecule has 0 bridgehead atoms. The van der Waals surface area contributed by atoms with Gasteiger partial charge in [-0.25, -0.2) is 0 Å². The lowest BCUT2D eigenvalue weighted by Gasteiger charge is -2.32. The lowest BCUT2D eigenvalue weighted by molar-refractivity contribution is -0.137. The van der Waals surface area contributed by atoms with Crippen LogP contribution in [0.5, 0.6) is 0 Å². The maximum atomic E-state index is 12.8. The number of alkyl halides is 3. The van der Waals surface area contributed by atoms with Crippen molar-refractivity contribution in [1.29, 1.82) is 0 Å². The third kappa shape index (κ3) is 5.07. The molecule has 2 amide bonds. The minimum atomic E-state index is -4.55. The van der Waals surface area contributed by atoms with Crippen LogP contribution in [0, 0.1) is 0 Å². The molecule has 2 unspecified atom stereocenters. The van der Waals surface area contributed by atoms with Crippen LogP contribution in [-0.2, 0) is 15.8 Å². The maximum Gasteiger partial charge on any atom is 0.417 e. The van der Waals surface area contributed by atoms with Crippen LogP contribution in [0.4, 0.5) is 13.2 Å². The first-order chi connectivity index (χ1) is 13.6. The summed E-state index contributed by atoms with van der Waals surface area (Å²) in [4.78, 5) is 24.7. The van der Waals surface area contributed by atoms with Gasteiger partial charge in [-0.3, -0.25) is 14.9 Å². The summed E-state index contributed by atoms with van der Waals surface area (Å²) in [6, 6.07) is 11.1. The normalized spacial score (nSPS) is 20.7. The standard InChI is InChI=1S/C20H19ClF3N3O2/c1-11(13-7-8-14(15(21)9-13)20(22,23)24)25-19(29)16-10-17(28)27-18(26-16)12-5-3-2-4-6-12/h2-9,11,16,18,26H,10H2,1H3,(H,25,29)(H,27,28)/t11-,16?,18?/m1/s1. The van der Waals surface area contributed by atoms with Gasteiger partial charge in [-0.15, -0.1) is 0 Å². The van der Waals surface area contributed by atoms with Gasteiger partial charge >= 0.3 is 6.18 Å². The van der Waals surface area contributed by atoms with Crippen LogP contribution in [0.2, 0.25) is 5.02 Å². The van der Waals surface area contributed by atoms with Crippen LogP contribution >= 0.6 is 11.6 Å². The Morgan fingerprint density at radius 3 is 2.52 bits per heavy atom. The molecule has 0 radical (unpaired) electrons. The molecule has 29 heavy (non-hydrogen) atoms. The maximum absolute atomic E-state index is 12.8. The topological polar surface area (TPSA) is 70.2 Å². The monoisotopic (exact) mass is 425 g/mol. The second-order valence-corrected chi connectivity index (χ2v) is 7.21. The van der Waals surface area contributed by atoms with E-state index in [1.165, 1.54) is 12.1 Å². The summed E-state index contributed by atoms with van der Waals surface area (Å²) >= 11 is 5.75. The van der Waals surface area contributed by atoms with E-state index in [2.05, 4.69) is 16.0 Å². The molecule has 3 rings (SSSR count). The van der Waals surface area contributed by atoms with Crippen molar-refractivity contribution < 1.29 is 22.8 Å². The first kappa shape index (κ1) is 21.1. The van der Waals surface area contributed by atoms with Crippen LogP contribution in [0.25, 0.3) is 0 Å². The fourth-order valence-corrected chi connectivity index (χ4v) is 3.42. The van der Waals surface area contributed by atoms with E-state index in [9.17, 15) is 22.8 Å². The molecule has 3 N–H and O–H groups in total. The Kier molecular flexibility index (Phi) is 6.14. The summed E-state index contributed by atoms with van der Waals surface area (Å²) in [5.74, 6) is -0.702. The van der Waals surface area contributed by atoms with Crippen LogP contribution in [0.3, 0.4) is 0 Å². The minimum absolute atomic E-state index is 0.0460. The Morgan fingerprint density at radius 1 is 1.21 bits per heavy atom. The van der Waals surface area contributed by atoms with Crippen molar-refractivity contribution in [3.63, 3.8) is 0 Å². The molecule has 1 aliphatic rings. The van der Waals surface area contributed by atoms with E-state index in [1.54, 1.807) is 6.92 Å². The van der Waals surface area contributed by atoms with E-state index in [4.69, 9.17) is 11.6 Å². The SMILES string of the molecule is C[C@@H](NC(=O)C1CC(=O)NC(c2ccccc2)N1)c1ccc(C(F)(F)F)c(Cl)c1. The molecule has 1 fully saturated rings. The molecule has 5 nitrogen and oxygen atoms in total. The number of nitrogens with one attached hydrogen (secondary N) is 3. The van der Waals surface area contributed by atoms with E-state index in [-0.39, 0.29) is 12.3 Å². The second kappa shape index (κ2) is 8.42. The Bertz CT molecular complexity index is 906. The number of halogens is 4. The van der Waals surface area contributed by atoms with Crippen molar-refractivity contribution >= 4 is 23.4 Å². The zero-order chi connectivity index (χ0) is 21.2. The Labute approximate surface area is 170 Å². The van der Waals surface area contributed by atoms with E-state index in [1.807, 2.05) is 30.3 Å². The zero-order valence-corrected chi connectivity index (χ0v) is 16.1. The molecule has 0 spiro atoms. The van der Waals surface area contributed by atoms with Gasteiger partial charge in [0.25, 0.3) is 0 Å². The number of rotatable bonds is 4. The van der Waals surface area contributed by atoms with Gasteiger partial charge in [0, 0.05) is 0 Å². The predicted molar refractivity (Wildman–Crippen MR) is 102 cm³/mol. The van der Waals surface area contributed by atoms with Crippen molar-refractivity contribution in [3.8, 4) is 0 Å². The molecule has 0 aromatic heterocycles. The van der Waals surface area contributed by atoms with Crippen LogP contribution in [-0.4, -0.2) is 17.9 Å². The smallest absolute Gasteiger partial charge is 0.348 e. The lowest BCUT2D eigenvalue weighted by atomic mass is 10.0. The van der Waals surface area contributed by atoms with Gasteiger partial charge in [-0.1, -0.05) is 48.0 Å². The third-order valence-electron chi connectivity index (χ3n) is 4.67. The largest absolute Gasteiger partial charge is 0.417 e. The number of hydrogen-bond acceptors (Lipinski definition) is 3. The highest BCUT2D eigenvalue weighted by molar-refractivity contribution is 6.31. The molecule has 2 aromatic rings. The molecule has 0 aliphatic carbocycles. The first-order valence-corrected chi connectivity index (χ1v) is 9.30. The highest BCUT2D eigenvalue weighted by Crippen LogP contribution is 2.35. The quantitative estimate of drug-likeness (QED) is 0.699. The molecule has 1 aliphatic heterocycles. The summed E-state index contributed by atoms with van der Waals surface area (Å²) in [6.07, 6.45) is -5.10. The molecule has 154 valence electrons. The third-order valence-corrected chi connectivity index (χ3v) is 4.98. The van der Waals surface area contributed by atoms with Gasteiger partial charge < -0.3 is 10.6 Å². The summed E-state index contributed by atoms with van der Waals surface area (Å²) < 4.78 is 38.5. The summed E-state index contributed by atoms with van der Waals surface area (Å²) in [6.45, 7) is 1.63. The zero-order valence-electron chi connectivity index (χ0n) is 15.4. The van der Waals surface area contributed by atoms with Crippen LogP contribution < -0.4 is 16.0 Å². The van der Waals surface area contributed by atoms with Crippen molar-refractivity contribution in [1.82, 2.24) is 16.0 Å². The van der Waals surface area contributed by atoms with Crippen molar-refractivity contribution in [3.05, 3.63) is 70.2 Å². The molecule has 0 saturated carbocycles. The van der Waals surface area contributed by atoms with Gasteiger partial charge in [0.15, 0.2) is 0 Å². The number of carbonyl (C=O) groups is 2. The fourth-order valence-electron chi connectivity index (χ4n) is 3.13. The van der Waals surface area contributed by atoms with Crippen molar-refractivity contribution in [2.45, 2.75) is 37.8 Å². The fraction of sp³-hybridized carbons (Fsp3) is 0.300. The highest BCUT2D eigenvalue weighted by atomic mass is 35.5. The Hall–Kier alpha value is -2.58. The molecule has 3 atom stereocenters. The molecule has 9 heteroatoms. The summed E-state index contributed by atoms with van der Waals surface area (Å²) in [7, 11) is 0. The number of amides is 2. The second-order valence-electron chi connectivity index (χ2n) is 6.80. The van der Waals surface area contributed by atoms with Gasteiger partial charge in [-0.2, -0.15) is 13.2 Å². The number of hydrogen-bond donors (Lipinski definition) is 3.